The summed E-state index contributed by atoms with van der Waals surface area (Å²) in [4.78, 5) is 11.1. The summed E-state index contributed by atoms with van der Waals surface area (Å²) in [7, 11) is 3.59. The fourth-order valence-electron chi connectivity index (χ4n) is 3.01. The van der Waals surface area contributed by atoms with Crippen molar-refractivity contribution in [2.45, 2.75) is 13.0 Å². The molecule has 0 bridgehead atoms. The molecule has 0 amide bonds. The number of likely N-dealkylation sites (tertiary alicyclic amines) is 1. The van der Waals surface area contributed by atoms with Gasteiger partial charge in [-0.05, 0) is 30.2 Å². The largest absolute Gasteiger partial charge is 0.384 e. The molecule has 2 aromatic heterocycles. The fraction of sp³-hybridized carbons (Fsp3) is 0.471. The molecule has 7 nitrogen and oxygen atoms in total. The van der Waals surface area contributed by atoms with Gasteiger partial charge in [0.1, 0.15) is 0 Å². The minimum Gasteiger partial charge on any atom is -0.384 e. The second-order valence-corrected chi connectivity index (χ2v) is 5.93. The van der Waals surface area contributed by atoms with Gasteiger partial charge < -0.3 is 15.0 Å². The van der Waals surface area contributed by atoms with Gasteiger partial charge in [0.05, 0.1) is 6.61 Å². The summed E-state index contributed by atoms with van der Waals surface area (Å²) in [6, 6.07) is 5.92. The van der Waals surface area contributed by atoms with E-state index in [0.29, 0.717) is 12.5 Å². The van der Waals surface area contributed by atoms with E-state index >= 15 is 0 Å². The van der Waals surface area contributed by atoms with E-state index in [2.05, 4.69) is 25.3 Å². The van der Waals surface area contributed by atoms with Gasteiger partial charge in [-0.1, -0.05) is 0 Å². The van der Waals surface area contributed by atoms with Crippen LogP contribution in [0.25, 0.3) is 5.82 Å². The van der Waals surface area contributed by atoms with Gasteiger partial charge >= 0.3 is 0 Å². The summed E-state index contributed by atoms with van der Waals surface area (Å²) in [5.41, 5.74) is 1.14. The summed E-state index contributed by atoms with van der Waals surface area (Å²) < 4.78 is 7.02. The summed E-state index contributed by atoms with van der Waals surface area (Å²) in [6.07, 6.45) is 6.59. The SMILES string of the molecule is CN=C(NCc1ccnc(-n2cccn2)c1)N1CCC(COC)C1. The number of ether oxygens (including phenoxy) is 1. The summed E-state index contributed by atoms with van der Waals surface area (Å²) >= 11 is 0. The maximum atomic E-state index is 5.26. The topological polar surface area (TPSA) is 67.6 Å². The average molecular weight is 328 g/mol. The predicted molar refractivity (Wildman–Crippen MR) is 93.1 cm³/mol. The first-order valence-corrected chi connectivity index (χ1v) is 8.19. The van der Waals surface area contributed by atoms with E-state index < -0.39 is 0 Å². The fourth-order valence-corrected chi connectivity index (χ4v) is 3.01. The Labute approximate surface area is 142 Å². The molecule has 1 aliphatic rings. The maximum absolute atomic E-state index is 5.26. The number of nitrogens with zero attached hydrogens (tertiary/aromatic N) is 5. The van der Waals surface area contributed by atoms with Crippen LogP contribution in [-0.4, -0.2) is 59.5 Å². The summed E-state index contributed by atoms with van der Waals surface area (Å²) in [5, 5.41) is 7.66. The third-order valence-electron chi connectivity index (χ3n) is 4.20. The normalized spacial score (nSPS) is 18.2. The molecular weight excluding hydrogens is 304 g/mol. The lowest BCUT2D eigenvalue weighted by molar-refractivity contribution is 0.157. The van der Waals surface area contributed by atoms with Crippen molar-refractivity contribution in [2.75, 3.05) is 33.9 Å². The average Bonchev–Trinajstić information content (AvgIpc) is 3.28. The van der Waals surface area contributed by atoms with E-state index in [-0.39, 0.29) is 0 Å². The van der Waals surface area contributed by atoms with E-state index in [1.54, 1.807) is 24.2 Å². The van der Waals surface area contributed by atoms with Crippen LogP contribution in [-0.2, 0) is 11.3 Å². The van der Waals surface area contributed by atoms with Crippen molar-refractivity contribution >= 4 is 5.96 Å². The molecule has 1 unspecified atom stereocenters. The first-order valence-electron chi connectivity index (χ1n) is 8.19. The Kier molecular flexibility index (Phi) is 5.43. The van der Waals surface area contributed by atoms with E-state index in [4.69, 9.17) is 4.74 Å². The van der Waals surface area contributed by atoms with Crippen molar-refractivity contribution in [2.24, 2.45) is 10.9 Å². The van der Waals surface area contributed by atoms with Crippen LogP contribution < -0.4 is 5.32 Å². The van der Waals surface area contributed by atoms with Gasteiger partial charge in [-0.2, -0.15) is 5.10 Å². The number of aliphatic imine (C=N–C) groups is 1. The number of pyridine rings is 1. The van der Waals surface area contributed by atoms with Crippen LogP contribution in [0.2, 0.25) is 0 Å². The molecule has 2 aromatic rings. The van der Waals surface area contributed by atoms with Crippen LogP contribution in [0.3, 0.4) is 0 Å². The lowest BCUT2D eigenvalue weighted by Crippen LogP contribution is -2.39. The number of hydrogen-bond donors (Lipinski definition) is 1. The van der Waals surface area contributed by atoms with Gasteiger partial charge in [0.15, 0.2) is 11.8 Å². The van der Waals surface area contributed by atoms with Crippen LogP contribution in [0.15, 0.2) is 41.8 Å². The second-order valence-electron chi connectivity index (χ2n) is 5.93. The molecule has 7 heteroatoms. The summed E-state index contributed by atoms with van der Waals surface area (Å²) in [5.74, 6) is 2.34. The van der Waals surface area contributed by atoms with Crippen LogP contribution >= 0.6 is 0 Å². The molecule has 1 saturated heterocycles. The van der Waals surface area contributed by atoms with Crippen molar-refractivity contribution < 1.29 is 4.74 Å². The van der Waals surface area contributed by atoms with Crippen LogP contribution in [0.4, 0.5) is 0 Å². The molecule has 1 N–H and O–H groups in total. The first-order chi connectivity index (χ1) is 11.8. The van der Waals surface area contributed by atoms with Crippen molar-refractivity contribution in [3.8, 4) is 5.82 Å². The molecule has 0 saturated carbocycles. The number of aromatic nitrogens is 3. The Bertz CT molecular complexity index is 669. The van der Waals surface area contributed by atoms with Crippen LogP contribution in [0.1, 0.15) is 12.0 Å². The van der Waals surface area contributed by atoms with E-state index in [1.807, 2.05) is 31.4 Å². The molecule has 24 heavy (non-hydrogen) atoms. The predicted octanol–water partition coefficient (Wildman–Crippen LogP) is 1.31. The Morgan fingerprint density at radius 2 is 2.38 bits per heavy atom. The summed E-state index contributed by atoms with van der Waals surface area (Å²) in [6.45, 7) is 3.52. The Hall–Kier alpha value is -2.41. The standard InChI is InChI=1S/C17H24N6O/c1-18-17(22-9-5-15(12-22)13-24-2)20-11-14-4-7-19-16(10-14)23-8-3-6-21-23/h3-4,6-8,10,15H,5,9,11-13H2,1-2H3,(H,18,20). The van der Waals surface area contributed by atoms with E-state index in [1.165, 1.54) is 0 Å². The van der Waals surface area contributed by atoms with Crippen molar-refractivity contribution in [1.82, 2.24) is 25.0 Å². The Morgan fingerprint density at radius 3 is 3.12 bits per heavy atom. The monoisotopic (exact) mass is 328 g/mol. The highest BCUT2D eigenvalue weighted by molar-refractivity contribution is 5.80. The van der Waals surface area contributed by atoms with Gasteiger partial charge in [-0.15, -0.1) is 0 Å². The maximum Gasteiger partial charge on any atom is 0.193 e. The molecular formula is C17H24N6O. The highest BCUT2D eigenvalue weighted by atomic mass is 16.5. The van der Waals surface area contributed by atoms with E-state index in [0.717, 1.165) is 43.5 Å². The van der Waals surface area contributed by atoms with Crippen molar-refractivity contribution in [3.05, 3.63) is 42.4 Å². The van der Waals surface area contributed by atoms with Crippen molar-refractivity contribution in [1.29, 1.82) is 0 Å². The number of methoxy groups -OCH3 is 1. The second kappa shape index (κ2) is 7.92. The van der Waals surface area contributed by atoms with Gasteiger partial charge in [-0.3, -0.25) is 4.99 Å². The minimum atomic E-state index is 0.584. The number of guanidine groups is 1. The minimum absolute atomic E-state index is 0.584. The van der Waals surface area contributed by atoms with Crippen molar-refractivity contribution in [3.63, 3.8) is 0 Å². The zero-order valence-electron chi connectivity index (χ0n) is 14.2. The smallest absolute Gasteiger partial charge is 0.193 e. The first kappa shape index (κ1) is 16.4. The molecule has 1 fully saturated rings. The number of rotatable bonds is 5. The highest BCUT2D eigenvalue weighted by Gasteiger charge is 2.24. The molecule has 0 spiro atoms. The van der Waals surface area contributed by atoms with Crippen LogP contribution in [0, 0.1) is 5.92 Å². The molecule has 3 heterocycles. The quantitative estimate of drug-likeness (QED) is 0.662. The third-order valence-corrected chi connectivity index (χ3v) is 4.20. The molecule has 0 radical (unpaired) electrons. The van der Waals surface area contributed by atoms with Gasteiger partial charge in [0, 0.05) is 58.3 Å². The zero-order chi connectivity index (χ0) is 16.8. The Balaban J connectivity index is 1.59. The van der Waals surface area contributed by atoms with Gasteiger partial charge in [-0.25, -0.2) is 9.67 Å². The van der Waals surface area contributed by atoms with Gasteiger partial charge in [0.25, 0.3) is 0 Å². The molecule has 1 atom stereocenters. The molecule has 0 aromatic carbocycles. The van der Waals surface area contributed by atoms with Gasteiger partial charge in [0.2, 0.25) is 0 Å². The van der Waals surface area contributed by atoms with E-state index in [9.17, 15) is 0 Å². The van der Waals surface area contributed by atoms with Crippen LogP contribution in [0.5, 0.6) is 0 Å². The number of hydrogen-bond acceptors (Lipinski definition) is 4. The molecule has 128 valence electrons. The molecule has 0 aliphatic carbocycles. The third kappa shape index (κ3) is 3.91. The Morgan fingerprint density at radius 1 is 1.46 bits per heavy atom. The lowest BCUT2D eigenvalue weighted by Gasteiger charge is -2.21. The lowest BCUT2D eigenvalue weighted by atomic mass is 10.1. The highest BCUT2D eigenvalue weighted by Crippen LogP contribution is 2.16. The molecule has 1 aliphatic heterocycles. The number of nitrogens with one attached hydrogen (secondary N) is 1. The zero-order valence-corrected chi connectivity index (χ0v) is 14.2. The molecule has 3 rings (SSSR count).